The van der Waals surface area contributed by atoms with Gasteiger partial charge in [-0.05, 0) is 49.2 Å². The Bertz CT molecular complexity index is 968. The lowest BCUT2D eigenvalue weighted by Crippen LogP contribution is -2.45. The number of para-hydroxylation sites is 1. The second kappa shape index (κ2) is 9.86. The molecule has 1 aliphatic rings. The van der Waals surface area contributed by atoms with Gasteiger partial charge in [0.1, 0.15) is 0 Å². The molecule has 8 heteroatoms. The molecule has 0 atom stereocenters. The van der Waals surface area contributed by atoms with Crippen LogP contribution in [0.15, 0.2) is 59.5 Å². The van der Waals surface area contributed by atoms with Crippen molar-refractivity contribution in [1.82, 2.24) is 4.31 Å². The maximum atomic E-state index is 13.4. The van der Waals surface area contributed by atoms with Crippen molar-refractivity contribution in [2.45, 2.75) is 43.0 Å². The summed E-state index contributed by atoms with van der Waals surface area (Å²) < 4.78 is 32.8. The number of nitrogens with zero attached hydrogens (tertiary/aromatic N) is 1. The number of amides is 1. The molecule has 7 nitrogen and oxygen atoms in total. The minimum absolute atomic E-state index is 0.0493. The lowest BCUT2D eigenvalue weighted by atomic mass is 9.95. The summed E-state index contributed by atoms with van der Waals surface area (Å²) in [7, 11) is -2.65. The third kappa shape index (κ3) is 5.25. The van der Waals surface area contributed by atoms with Gasteiger partial charge in [0.05, 0.1) is 24.1 Å². The molecule has 1 saturated carbocycles. The van der Waals surface area contributed by atoms with Gasteiger partial charge in [-0.25, -0.2) is 13.2 Å². The Morgan fingerprint density at radius 2 is 1.63 bits per heavy atom. The molecule has 30 heavy (non-hydrogen) atoms. The van der Waals surface area contributed by atoms with Crippen LogP contribution >= 0.6 is 0 Å². The maximum Gasteiger partial charge on any atom is 0.337 e. The SMILES string of the molecule is COC(=O)c1ccc(S(=O)(=O)N(CC(=O)Nc2ccccc2)C2CCCCC2)cc1. The van der Waals surface area contributed by atoms with Gasteiger partial charge in [0.15, 0.2) is 0 Å². The van der Waals surface area contributed by atoms with E-state index in [2.05, 4.69) is 10.1 Å². The van der Waals surface area contributed by atoms with Crippen molar-refractivity contribution < 1.29 is 22.7 Å². The zero-order chi connectivity index (χ0) is 21.6. The molecule has 2 aromatic rings. The highest BCUT2D eigenvalue weighted by molar-refractivity contribution is 7.89. The topological polar surface area (TPSA) is 92.8 Å². The van der Waals surface area contributed by atoms with Crippen LogP contribution in [0.4, 0.5) is 5.69 Å². The van der Waals surface area contributed by atoms with E-state index in [9.17, 15) is 18.0 Å². The number of sulfonamides is 1. The summed E-state index contributed by atoms with van der Waals surface area (Å²) >= 11 is 0. The molecule has 0 aromatic heterocycles. The van der Waals surface area contributed by atoms with Crippen molar-refractivity contribution in [1.29, 1.82) is 0 Å². The second-order valence-electron chi connectivity index (χ2n) is 7.27. The highest BCUT2D eigenvalue weighted by Crippen LogP contribution is 2.28. The van der Waals surface area contributed by atoms with E-state index in [1.165, 1.54) is 35.7 Å². The Morgan fingerprint density at radius 3 is 2.23 bits per heavy atom. The van der Waals surface area contributed by atoms with Crippen molar-refractivity contribution in [3.8, 4) is 0 Å². The number of carbonyl (C=O) groups is 2. The fourth-order valence-corrected chi connectivity index (χ4v) is 5.30. The van der Waals surface area contributed by atoms with Gasteiger partial charge in [0, 0.05) is 11.7 Å². The van der Waals surface area contributed by atoms with Gasteiger partial charge in [-0.3, -0.25) is 4.79 Å². The number of carbonyl (C=O) groups excluding carboxylic acids is 2. The number of hydrogen-bond donors (Lipinski definition) is 1. The number of esters is 1. The third-order valence-electron chi connectivity index (χ3n) is 5.22. The second-order valence-corrected chi connectivity index (χ2v) is 9.16. The number of ether oxygens (including phenoxy) is 1. The summed E-state index contributed by atoms with van der Waals surface area (Å²) in [5.74, 6) is -0.924. The van der Waals surface area contributed by atoms with E-state index in [0.29, 0.717) is 5.69 Å². The van der Waals surface area contributed by atoms with Crippen LogP contribution in [0.25, 0.3) is 0 Å². The van der Waals surface area contributed by atoms with E-state index in [-0.39, 0.29) is 29.0 Å². The fourth-order valence-electron chi connectivity index (χ4n) is 3.66. The molecule has 160 valence electrons. The summed E-state index contributed by atoms with van der Waals surface area (Å²) in [5.41, 5.74) is 0.883. The van der Waals surface area contributed by atoms with Crippen molar-refractivity contribution in [2.75, 3.05) is 19.0 Å². The first kappa shape index (κ1) is 22.0. The molecular formula is C22H26N2O5S. The number of rotatable bonds is 7. The van der Waals surface area contributed by atoms with E-state index in [1.807, 2.05) is 6.07 Å². The molecule has 0 bridgehead atoms. The number of hydrogen-bond acceptors (Lipinski definition) is 5. The first-order chi connectivity index (χ1) is 14.4. The van der Waals surface area contributed by atoms with E-state index >= 15 is 0 Å². The summed E-state index contributed by atoms with van der Waals surface area (Å²) in [5, 5.41) is 2.76. The van der Waals surface area contributed by atoms with Crippen LogP contribution in [0.5, 0.6) is 0 Å². The lowest BCUT2D eigenvalue weighted by molar-refractivity contribution is -0.116. The Labute approximate surface area is 177 Å². The monoisotopic (exact) mass is 430 g/mol. The summed E-state index contributed by atoms with van der Waals surface area (Å²) in [6, 6.07) is 14.3. The standard InChI is InChI=1S/C22H26N2O5S/c1-29-22(26)17-12-14-20(15-13-17)30(27,28)24(19-10-6-3-7-11-19)16-21(25)23-18-8-4-2-5-9-18/h2,4-5,8-9,12-15,19H,3,6-7,10-11,16H2,1H3,(H,23,25). The van der Waals surface area contributed by atoms with Crippen LogP contribution in [0.3, 0.4) is 0 Å². The van der Waals surface area contributed by atoms with E-state index in [4.69, 9.17) is 0 Å². The predicted molar refractivity (Wildman–Crippen MR) is 114 cm³/mol. The number of nitrogens with one attached hydrogen (secondary N) is 1. The van der Waals surface area contributed by atoms with E-state index in [1.54, 1.807) is 24.3 Å². The molecule has 1 aliphatic carbocycles. The average Bonchev–Trinajstić information content (AvgIpc) is 2.78. The van der Waals surface area contributed by atoms with Crippen molar-refractivity contribution in [2.24, 2.45) is 0 Å². The Morgan fingerprint density at radius 1 is 1.00 bits per heavy atom. The van der Waals surface area contributed by atoms with Crippen molar-refractivity contribution in [3.63, 3.8) is 0 Å². The molecule has 0 heterocycles. The van der Waals surface area contributed by atoms with Crippen molar-refractivity contribution in [3.05, 3.63) is 60.2 Å². The molecule has 2 aromatic carbocycles. The highest BCUT2D eigenvalue weighted by Gasteiger charge is 2.34. The fraction of sp³-hybridized carbons (Fsp3) is 0.364. The number of methoxy groups -OCH3 is 1. The highest BCUT2D eigenvalue weighted by atomic mass is 32.2. The van der Waals surface area contributed by atoms with E-state index < -0.39 is 16.0 Å². The van der Waals surface area contributed by atoms with Gasteiger partial charge < -0.3 is 10.1 Å². The summed E-state index contributed by atoms with van der Waals surface area (Å²) in [6.45, 7) is -0.263. The Hall–Kier alpha value is -2.71. The zero-order valence-electron chi connectivity index (χ0n) is 16.9. The predicted octanol–water partition coefficient (Wildman–Crippen LogP) is 3.44. The van der Waals surface area contributed by atoms with Gasteiger partial charge in [-0.15, -0.1) is 0 Å². The summed E-state index contributed by atoms with van der Waals surface area (Å²) in [6.07, 6.45) is 4.36. The Kier molecular flexibility index (Phi) is 7.23. The number of benzene rings is 2. The van der Waals surface area contributed by atoms with Gasteiger partial charge in [0.25, 0.3) is 0 Å². The van der Waals surface area contributed by atoms with Crippen LogP contribution in [-0.4, -0.2) is 44.3 Å². The van der Waals surface area contributed by atoms with Crippen LogP contribution in [0.2, 0.25) is 0 Å². The van der Waals surface area contributed by atoms with Gasteiger partial charge >= 0.3 is 5.97 Å². The first-order valence-electron chi connectivity index (χ1n) is 9.97. The van der Waals surface area contributed by atoms with Gasteiger partial charge in [-0.2, -0.15) is 4.31 Å². The molecule has 1 fully saturated rings. The first-order valence-corrected chi connectivity index (χ1v) is 11.4. The minimum atomic E-state index is -3.92. The molecule has 0 saturated heterocycles. The lowest BCUT2D eigenvalue weighted by Gasteiger charge is -2.33. The third-order valence-corrected chi connectivity index (χ3v) is 7.13. The van der Waals surface area contributed by atoms with Crippen LogP contribution in [-0.2, 0) is 19.6 Å². The van der Waals surface area contributed by atoms with Gasteiger partial charge in [0.2, 0.25) is 15.9 Å². The molecule has 3 rings (SSSR count). The molecule has 0 radical (unpaired) electrons. The number of anilines is 1. The molecule has 0 aliphatic heterocycles. The molecule has 0 spiro atoms. The van der Waals surface area contributed by atoms with Crippen LogP contribution in [0.1, 0.15) is 42.5 Å². The normalized spacial score (nSPS) is 15.0. The molecule has 1 amide bonds. The molecule has 1 N–H and O–H groups in total. The van der Waals surface area contributed by atoms with Crippen LogP contribution < -0.4 is 5.32 Å². The Balaban J connectivity index is 1.84. The van der Waals surface area contributed by atoms with Crippen molar-refractivity contribution >= 4 is 27.6 Å². The maximum absolute atomic E-state index is 13.4. The quantitative estimate of drug-likeness (QED) is 0.680. The zero-order valence-corrected chi connectivity index (χ0v) is 17.7. The average molecular weight is 431 g/mol. The largest absolute Gasteiger partial charge is 0.465 e. The minimum Gasteiger partial charge on any atom is -0.465 e. The van der Waals surface area contributed by atoms with E-state index in [0.717, 1.165) is 32.1 Å². The smallest absolute Gasteiger partial charge is 0.337 e. The molecular weight excluding hydrogens is 404 g/mol. The van der Waals surface area contributed by atoms with Crippen LogP contribution in [0, 0.1) is 0 Å². The van der Waals surface area contributed by atoms with Gasteiger partial charge in [-0.1, -0.05) is 37.5 Å². The molecule has 0 unspecified atom stereocenters. The summed E-state index contributed by atoms with van der Waals surface area (Å²) in [4.78, 5) is 24.3.